The molecule has 0 fully saturated rings. The molecule has 0 saturated carbocycles. The normalized spacial score (nSPS) is 13.5. The molecule has 0 amide bonds. The fourth-order valence-electron chi connectivity index (χ4n) is 8.12. The Morgan fingerprint density at radius 2 is 1.13 bits per heavy atom. The molecule has 0 spiro atoms. The molecule has 9 aromatic rings. The molecule has 0 bridgehead atoms. The highest BCUT2D eigenvalue weighted by atomic mass is 16.3. The number of furan rings is 1. The summed E-state index contributed by atoms with van der Waals surface area (Å²) in [5, 5.41) is 4.76. The van der Waals surface area contributed by atoms with E-state index >= 15 is 0 Å². The molecule has 2 aromatic heterocycles. The Labute approximate surface area is 273 Å². The van der Waals surface area contributed by atoms with Crippen LogP contribution >= 0.6 is 0 Å². The van der Waals surface area contributed by atoms with Gasteiger partial charge in [0.2, 0.25) is 0 Å². The molecule has 0 atom stereocenters. The number of rotatable bonds is 3. The van der Waals surface area contributed by atoms with E-state index in [2.05, 4.69) is 158 Å². The lowest BCUT2D eigenvalue weighted by atomic mass is 9.81. The third-order valence-corrected chi connectivity index (χ3v) is 10.4. The van der Waals surface area contributed by atoms with E-state index in [0.29, 0.717) is 0 Å². The smallest absolute Gasteiger partial charge is 0.135 e. The van der Waals surface area contributed by atoms with Gasteiger partial charge < -0.3 is 8.98 Å². The molecule has 0 aliphatic heterocycles. The van der Waals surface area contributed by atoms with Crippen LogP contribution in [0.25, 0.3) is 82.8 Å². The summed E-state index contributed by atoms with van der Waals surface area (Å²) in [5.74, 6) is 0. The van der Waals surface area contributed by atoms with Gasteiger partial charge in [-0.05, 0) is 81.4 Å². The summed E-state index contributed by atoms with van der Waals surface area (Å²) in [6.45, 7) is 4.70. The van der Waals surface area contributed by atoms with Gasteiger partial charge in [-0.3, -0.25) is 0 Å². The first kappa shape index (κ1) is 26.4. The molecule has 222 valence electrons. The number of para-hydroxylation sites is 3. The quantitative estimate of drug-likeness (QED) is 0.197. The predicted octanol–water partition coefficient (Wildman–Crippen LogP) is 12.3. The van der Waals surface area contributed by atoms with Crippen LogP contribution in [-0.2, 0) is 5.41 Å². The van der Waals surface area contributed by atoms with E-state index < -0.39 is 0 Å². The van der Waals surface area contributed by atoms with Crippen LogP contribution in [-0.4, -0.2) is 4.57 Å². The number of nitrogens with zero attached hydrogens (tertiary/aromatic N) is 1. The van der Waals surface area contributed by atoms with Gasteiger partial charge in [0.1, 0.15) is 11.2 Å². The average Bonchev–Trinajstić information content (AvgIpc) is 3.74. The molecule has 2 heteroatoms. The molecule has 0 radical (unpaired) electrons. The van der Waals surface area contributed by atoms with Gasteiger partial charge >= 0.3 is 0 Å². The summed E-state index contributed by atoms with van der Waals surface area (Å²) >= 11 is 0. The molecule has 0 saturated heterocycles. The highest BCUT2D eigenvalue weighted by Gasteiger charge is 2.35. The molecule has 0 N–H and O–H groups in total. The van der Waals surface area contributed by atoms with Crippen LogP contribution in [0.3, 0.4) is 0 Å². The van der Waals surface area contributed by atoms with Crippen molar-refractivity contribution in [3.63, 3.8) is 0 Å². The zero-order chi connectivity index (χ0) is 31.3. The van der Waals surface area contributed by atoms with Crippen molar-refractivity contribution in [3.8, 4) is 39.1 Å². The first-order valence-corrected chi connectivity index (χ1v) is 16.4. The lowest BCUT2D eigenvalue weighted by Crippen LogP contribution is -2.14. The molecule has 1 aliphatic rings. The Morgan fingerprint density at radius 1 is 0.447 bits per heavy atom. The Balaban J connectivity index is 1.17. The van der Waals surface area contributed by atoms with Gasteiger partial charge in [0.25, 0.3) is 0 Å². The molecule has 47 heavy (non-hydrogen) atoms. The van der Waals surface area contributed by atoms with Crippen molar-refractivity contribution < 1.29 is 4.42 Å². The number of hydrogen-bond acceptors (Lipinski definition) is 1. The number of fused-ring (bicyclic) bond motifs is 9. The largest absolute Gasteiger partial charge is 0.456 e. The van der Waals surface area contributed by atoms with Gasteiger partial charge in [0.05, 0.1) is 11.0 Å². The lowest BCUT2D eigenvalue weighted by molar-refractivity contribution is 0.660. The third-order valence-electron chi connectivity index (χ3n) is 10.4. The van der Waals surface area contributed by atoms with Crippen molar-refractivity contribution in [2.75, 3.05) is 0 Å². The molecular weight excluding hydrogens is 571 g/mol. The highest BCUT2D eigenvalue weighted by molar-refractivity contribution is 6.14. The standard InChI is InChI=1S/C45H31NO/c1-45(2)39-18-6-3-13-33(39)34-23-21-29(26-40(34)45)28-11-9-12-30(25-28)32-16-10-17-37-35-14-4-7-19-41(35)46(44(32)37)31-22-24-43-38(27-31)36-15-5-8-20-42(36)47-43/h3-27H,1-2H3. The monoisotopic (exact) mass is 601 g/mol. The Kier molecular flexibility index (Phi) is 5.37. The summed E-state index contributed by atoms with van der Waals surface area (Å²) in [4.78, 5) is 0. The van der Waals surface area contributed by atoms with E-state index in [4.69, 9.17) is 4.42 Å². The lowest BCUT2D eigenvalue weighted by Gasteiger charge is -2.22. The van der Waals surface area contributed by atoms with Crippen LogP contribution in [0.4, 0.5) is 0 Å². The Morgan fingerprint density at radius 3 is 2.06 bits per heavy atom. The SMILES string of the molecule is CC1(C)c2ccccc2-c2ccc(-c3cccc(-c4cccc5c6ccccc6n(-c6ccc7oc8ccccc8c7c6)c45)c3)cc21. The number of hydrogen-bond donors (Lipinski definition) is 0. The van der Waals surface area contributed by atoms with Crippen molar-refractivity contribution in [2.45, 2.75) is 19.3 Å². The van der Waals surface area contributed by atoms with Crippen LogP contribution in [0.1, 0.15) is 25.0 Å². The Hall–Kier alpha value is -5.86. The maximum absolute atomic E-state index is 6.20. The van der Waals surface area contributed by atoms with Crippen LogP contribution in [0.5, 0.6) is 0 Å². The maximum atomic E-state index is 6.20. The van der Waals surface area contributed by atoms with Gasteiger partial charge in [-0.15, -0.1) is 0 Å². The highest BCUT2D eigenvalue weighted by Crippen LogP contribution is 2.49. The minimum Gasteiger partial charge on any atom is -0.456 e. The molecule has 7 aromatic carbocycles. The molecule has 0 unspecified atom stereocenters. The van der Waals surface area contributed by atoms with Gasteiger partial charge in [0.15, 0.2) is 0 Å². The van der Waals surface area contributed by atoms with E-state index in [9.17, 15) is 0 Å². The molecule has 1 aliphatic carbocycles. The van der Waals surface area contributed by atoms with E-state index in [1.165, 1.54) is 66.3 Å². The molecule has 2 nitrogen and oxygen atoms in total. The average molecular weight is 602 g/mol. The van der Waals surface area contributed by atoms with Gasteiger partial charge in [-0.2, -0.15) is 0 Å². The number of aromatic nitrogens is 1. The maximum Gasteiger partial charge on any atom is 0.135 e. The topological polar surface area (TPSA) is 18.1 Å². The summed E-state index contributed by atoms with van der Waals surface area (Å²) in [6, 6.07) is 55.3. The summed E-state index contributed by atoms with van der Waals surface area (Å²) in [6.07, 6.45) is 0. The second-order valence-corrected chi connectivity index (χ2v) is 13.3. The first-order valence-electron chi connectivity index (χ1n) is 16.4. The van der Waals surface area contributed by atoms with Crippen LogP contribution in [0.15, 0.2) is 156 Å². The minimum atomic E-state index is -0.0342. The van der Waals surface area contributed by atoms with E-state index in [-0.39, 0.29) is 5.41 Å². The molecule has 10 rings (SSSR count). The third kappa shape index (κ3) is 3.73. The first-order chi connectivity index (χ1) is 23.1. The van der Waals surface area contributed by atoms with Crippen LogP contribution in [0.2, 0.25) is 0 Å². The van der Waals surface area contributed by atoms with Gasteiger partial charge in [-0.25, -0.2) is 0 Å². The van der Waals surface area contributed by atoms with E-state index in [0.717, 1.165) is 27.6 Å². The molecular formula is C45H31NO. The van der Waals surface area contributed by atoms with Gasteiger partial charge in [0, 0.05) is 38.2 Å². The van der Waals surface area contributed by atoms with Crippen molar-refractivity contribution in [1.29, 1.82) is 0 Å². The van der Waals surface area contributed by atoms with Crippen molar-refractivity contribution in [1.82, 2.24) is 4.57 Å². The zero-order valence-corrected chi connectivity index (χ0v) is 26.3. The number of benzene rings is 7. The van der Waals surface area contributed by atoms with Crippen molar-refractivity contribution in [2.24, 2.45) is 0 Å². The Bertz CT molecular complexity index is 2720. The zero-order valence-electron chi connectivity index (χ0n) is 26.3. The molecule has 2 heterocycles. The predicted molar refractivity (Wildman–Crippen MR) is 196 cm³/mol. The summed E-state index contributed by atoms with van der Waals surface area (Å²) < 4.78 is 8.63. The fourth-order valence-corrected chi connectivity index (χ4v) is 8.12. The van der Waals surface area contributed by atoms with E-state index in [1.807, 2.05) is 12.1 Å². The van der Waals surface area contributed by atoms with Crippen LogP contribution in [0, 0.1) is 0 Å². The minimum absolute atomic E-state index is 0.0342. The van der Waals surface area contributed by atoms with Crippen molar-refractivity contribution >= 4 is 43.7 Å². The summed E-state index contributed by atoms with van der Waals surface area (Å²) in [7, 11) is 0. The van der Waals surface area contributed by atoms with Gasteiger partial charge in [-0.1, -0.05) is 123 Å². The van der Waals surface area contributed by atoms with E-state index in [1.54, 1.807) is 0 Å². The second kappa shape index (κ2) is 9.57. The fraction of sp³-hybridized carbons (Fsp3) is 0.0667. The summed E-state index contributed by atoms with van der Waals surface area (Å²) in [5.41, 5.74) is 15.7. The van der Waals surface area contributed by atoms with Crippen molar-refractivity contribution in [3.05, 3.63) is 163 Å². The second-order valence-electron chi connectivity index (χ2n) is 13.3. The van der Waals surface area contributed by atoms with Crippen LogP contribution < -0.4 is 0 Å².